The van der Waals surface area contributed by atoms with Crippen LogP contribution in [-0.4, -0.2) is 53.4 Å². The lowest BCUT2D eigenvalue weighted by molar-refractivity contribution is -0.159. The molecular weight excluding hydrogens is 510 g/mol. The van der Waals surface area contributed by atoms with Crippen LogP contribution in [0.3, 0.4) is 0 Å². The first kappa shape index (κ1) is 29.3. The summed E-state index contributed by atoms with van der Waals surface area (Å²) in [6.07, 6.45) is -2.75. The molecule has 1 fully saturated rings. The van der Waals surface area contributed by atoms with Crippen LogP contribution >= 0.6 is 0 Å². The van der Waals surface area contributed by atoms with Gasteiger partial charge in [0, 0.05) is 0 Å². The predicted octanol–water partition coefficient (Wildman–Crippen LogP) is 5.49. The van der Waals surface area contributed by atoms with Crippen molar-refractivity contribution in [3.8, 4) is 0 Å². The first-order valence-electron chi connectivity index (χ1n) is 13.3. The Hall–Kier alpha value is -3.72. The number of ether oxygens (including phenoxy) is 4. The van der Waals surface area contributed by atoms with E-state index in [1.54, 1.807) is 34.6 Å². The summed E-state index contributed by atoms with van der Waals surface area (Å²) < 4.78 is 24.4. The zero-order valence-electron chi connectivity index (χ0n) is 23.5. The Balaban J connectivity index is 1.72. The molecule has 40 heavy (non-hydrogen) atoms. The molecule has 1 heterocycles. The molecule has 3 aromatic carbocycles. The smallest absolute Gasteiger partial charge is 0.408 e. The zero-order valence-corrected chi connectivity index (χ0v) is 23.5. The van der Waals surface area contributed by atoms with Crippen molar-refractivity contribution in [3.63, 3.8) is 0 Å². The molecule has 1 amide bonds. The Kier molecular flexibility index (Phi) is 8.63. The normalized spacial score (nSPS) is 19.5. The van der Waals surface area contributed by atoms with E-state index in [1.165, 1.54) is 0 Å². The fourth-order valence-corrected chi connectivity index (χ4v) is 4.97. The van der Waals surface area contributed by atoms with Gasteiger partial charge in [0.2, 0.25) is 0 Å². The molecule has 1 saturated heterocycles. The molecule has 3 atom stereocenters. The number of carboxylic acid groups (broad SMARTS) is 1. The summed E-state index contributed by atoms with van der Waals surface area (Å²) in [6, 6.07) is 28.1. The van der Waals surface area contributed by atoms with Crippen LogP contribution in [-0.2, 0) is 29.3 Å². The van der Waals surface area contributed by atoms with Crippen molar-refractivity contribution in [2.45, 2.75) is 69.9 Å². The van der Waals surface area contributed by atoms with Crippen LogP contribution in [0.2, 0.25) is 0 Å². The minimum absolute atomic E-state index is 0.0352. The van der Waals surface area contributed by atoms with Crippen LogP contribution in [0.4, 0.5) is 4.79 Å². The van der Waals surface area contributed by atoms with E-state index < -0.39 is 47.3 Å². The summed E-state index contributed by atoms with van der Waals surface area (Å²) in [5, 5.41) is 12.5. The van der Waals surface area contributed by atoms with Gasteiger partial charge in [-0.05, 0) is 51.3 Å². The molecule has 0 spiro atoms. The van der Waals surface area contributed by atoms with Gasteiger partial charge in [-0.1, -0.05) is 91.0 Å². The van der Waals surface area contributed by atoms with Crippen LogP contribution in [0.15, 0.2) is 91.0 Å². The van der Waals surface area contributed by atoms with Crippen LogP contribution in [0.5, 0.6) is 0 Å². The molecule has 0 bridgehead atoms. The highest BCUT2D eigenvalue weighted by atomic mass is 16.8. The number of aliphatic carboxylic acids is 1. The number of rotatable bonds is 9. The second-order valence-electron chi connectivity index (χ2n) is 11.2. The van der Waals surface area contributed by atoms with E-state index in [4.69, 9.17) is 18.9 Å². The van der Waals surface area contributed by atoms with Gasteiger partial charge in [-0.15, -0.1) is 0 Å². The molecule has 3 aromatic rings. The molecule has 4 rings (SSSR count). The summed E-state index contributed by atoms with van der Waals surface area (Å²) in [5.41, 5.74) is 0.834. The fourth-order valence-electron chi connectivity index (χ4n) is 4.97. The van der Waals surface area contributed by atoms with E-state index in [1.807, 2.05) is 91.0 Å². The molecule has 0 unspecified atom stereocenters. The van der Waals surface area contributed by atoms with Gasteiger partial charge >= 0.3 is 12.1 Å². The van der Waals surface area contributed by atoms with E-state index in [0.717, 1.165) is 16.7 Å². The zero-order chi connectivity index (χ0) is 29.0. The highest BCUT2D eigenvalue weighted by Gasteiger charge is 2.50. The number of benzene rings is 3. The SMILES string of the molecule is CC(C)(C)OC(=O)N[C@@H](C(=O)O)[C@H]1OC(C)(C)O[C@@H]1COC(c1ccccc1)(c1ccccc1)c1ccccc1. The van der Waals surface area contributed by atoms with Crippen molar-refractivity contribution in [1.29, 1.82) is 0 Å². The van der Waals surface area contributed by atoms with Gasteiger partial charge < -0.3 is 29.4 Å². The van der Waals surface area contributed by atoms with Crippen molar-refractivity contribution < 1.29 is 33.6 Å². The Morgan fingerprint density at radius 2 is 1.30 bits per heavy atom. The third kappa shape index (κ3) is 6.70. The summed E-state index contributed by atoms with van der Waals surface area (Å²) in [4.78, 5) is 24.9. The van der Waals surface area contributed by atoms with Gasteiger partial charge in [0.25, 0.3) is 0 Å². The fraction of sp³-hybridized carbons (Fsp3) is 0.375. The molecular formula is C32H37NO7. The van der Waals surface area contributed by atoms with Crippen molar-refractivity contribution in [2.75, 3.05) is 6.61 Å². The van der Waals surface area contributed by atoms with Crippen LogP contribution in [0, 0.1) is 0 Å². The van der Waals surface area contributed by atoms with E-state index in [-0.39, 0.29) is 6.61 Å². The van der Waals surface area contributed by atoms with E-state index in [9.17, 15) is 14.7 Å². The summed E-state index contributed by atoms with van der Waals surface area (Å²) in [7, 11) is 0. The second-order valence-corrected chi connectivity index (χ2v) is 11.2. The lowest BCUT2D eigenvalue weighted by Crippen LogP contribution is -2.54. The highest BCUT2D eigenvalue weighted by molar-refractivity contribution is 5.80. The average Bonchev–Trinajstić information content (AvgIpc) is 3.22. The molecule has 212 valence electrons. The quantitative estimate of drug-likeness (QED) is 0.341. The number of hydrogen-bond acceptors (Lipinski definition) is 6. The molecule has 0 aliphatic carbocycles. The van der Waals surface area contributed by atoms with Crippen LogP contribution in [0.25, 0.3) is 0 Å². The first-order valence-corrected chi connectivity index (χ1v) is 13.3. The Bertz CT molecular complexity index is 1180. The van der Waals surface area contributed by atoms with Crippen molar-refractivity contribution >= 4 is 12.1 Å². The molecule has 0 radical (unpaired) electrons. The van der Waals surface area contributed by atoms with Crippen LogP contribution in [0.1, 0.15) is 51.3 Å². The third-order valence-electron chi connectivity index (χ3n) is 6.49. The van der Waals surface area contributed by atoms with Gasteiger partial charge in [-0.2, -0.15) is 0 Å². The van der Waals surface area contributed by atoms with Gasteiger partial charge in [0.1, 0.15) is 23.4 Å². The highest BCUT2D eigenvalue weighted by Crippen LogP contribution is 2.41. The van der Waals surface area contributed by atoms with Crippen molar-refractivity contribution in [2.24, 2.45) is 0 Å². The largest absolute Gasteiger partial charge is 0.480 e. The van der Waals surface area contributed by atoms with Gasteiger partial charge in [-0.25, -0.2) is 9.59 Å². The maximum atomic E-state index is 12.5. The minimum Gasteiger partial charge on any atom is -0.480 e. The number of nitrogens with one attached hydrogen (secondary N) is 1. The Morgan fingerprint density at radius 3 is 1.70 bits per heavy atom. The summed E-state index contributed by atoms with van der Waals surface area (Å²) in [5.74, 6) is -2.39. The summed E-state index contributed by atoms with van der Waals surface area (Å²) in [6.45, 7) is 8.47. The van der Waals surface area contributed by atoms with Crippen molar-refractivity contribution in [1.82, 2.24) is 5.32 Å². The van der Waals surface area contributed by atoms with E-state index in [0.29, 0.717) is 0 Å². The molecule has 0 aromatic heterocycles. The molecule has 8 heteroatoms. The Morgan fingerprint density at radius 1 is 0.850 bits per heavy atom. The number of carbonyl (C=O) groups is 2. The predicted molar refractivity (Wildman–Crippen MR) is 150 cm³/mol. The van der Waals surface area contributed by atoms with E-state index in [2.05, 4.69) is 5.32 Å². The molecule has 0 saturated carbocycles. The Labute approximate surface area is 235 Å². The second kappa shape index (κ2) is 11.8. The molecule has 8 nitrogen and oxygen atoms in total. The van der Waals surface area contributed by atoms with Gasteiger partial charge in [0.15, 0.2) is 11.8 Å². The molecule has 1 aliphatic rings. The maximum absolute atomic E-state index is 12.5. The number of carboxylic acids is 1. The third-order valence-corrected chi connectivity index (χ3v) is 6.49. The number of alkyl carbamates (subject to hydrolysis) is 1. The lowest BCUT2D eigenvalue weighted by atomic mass is 9.80. The first-order chi connectivity index (χ1) is 18.9. The maximum Gasteiger partial charge on any atom is 0.408 e. The summed E-state index contributed by atoms with van der Waals surface area (Å²) >= 11 is 0. The number of hydrogen-bond donors (Lipinski definition) is 2. The van der Waals surface area contributed by atoms with Crippen molar-refractivity contribution in [3.05, 3.63) is 108 Å². The topological polar surface area (TPSA) is 103 Å². The van der Waals surface area contributed by atoms with E-state index >= 15 is 0 Å². The van der Waals surface area contributed by atoms with Gasteiger partial charge in [-0.3, -0.25) is 0 Å². The average molecular weight is 548 g/mol. The number of amides is 1. The monoisotopic (exact) mass is 547 g/mol. The minimum atomic E-state index is -1.44. The lowest BCUT2D eigenvalue weighted by Gasteiger charge is -2.37. The molecule has 1 aliphatic heterocycles. The standard InChI is InChI=1S/C32H37NO7/c1-30(2,3)40-29(36)33-26(28(34)35)27-25(38-31(4,5)39-27)21-37-32(22-15-9-6-10-16-22,23-17-11-7-12-18-23)24-19-13-8-14-20-24/h6-20,25-27H,21H2,1-5H3,(H,33,36)(H,34,35)/t25-,26-,27+/m1/s1. The number of carbonyl (C=O) groups excluding carboxylic acids is 1. The van der Waals surface area contributed by atoms with Gasteiger partial charge in [0.05, 0.1) is 6.61 Å². The molecule has 2 N–H and O–H groups in total. The van der Waals surface area contributed by atoms with Crippen LogP contribution < -0.4 is 5.32 Å².